The Balaban J connectivity index is 1.77. The van der Waals surface area contributed by atoms with Crippen molar-refractivity contribution in [2.75, 3.05) is 5.73 Å². The lowest BCUT2D eigenvalue weighted by Gasteiger charge is -2.05. The van der Waals surface area contributed by atoms with E-state index in [0.29, 0.717) is 40.4 Å². The third kappa shape index (κ3) is 3.07. The maximum Gasteiger partial charge on any atom is 0.223 e. The SMILES string of the molecule is N#Cc1ccccc1-c1cc2nc(Cc3ncccc3CO)nn2c(N)n1. The summed E-state index contributed by atoms with van der Waals surface area (Å²) in [5, 5.41) is 23.2. The van der Waals surface area contributed by atoms with Gasteiger partial charge in [-0.25, -0.2) is 9.97 Å². The number of rotatable bonds is 4. The lowest BCUT2D eigenvalue weighted by atomic mass is 10.1. The first-order valence-corrected chi connectivity index (χ1v) is 8.25. The first kappa shape index (κ1) is 16.6. The van der Waals surface area contributed by atoms with Crippen LogP contribution in [0.4, 0.5) is 5.95 Å². The fourth-order valence-corrected chi connectivity index (χ4v) is 2.90. The molecule has 0 amide bonds. The molecule has 0 fully saturated rings. The number of nitrogens with two attached hydrogens (primary N) is 1. The summed E-state index contributed by atoms with van der Waals surface area (Å²) in [6, 6.07) is 14.7. The van der Waals surface area contributed by atoms with Crippen molar-refractivity contribution in [1.82, 2.24) is 24.6 Å². The summed E-state index contributed by atoms with van der Waals surface area (Å²) in [4.78, 5) is 13.2. The molecule has 0 radical (unpaired) electrons. The summed E-state index contributed by atoms with van der Waals surface area (Å²) >= 11 is 0. The van der Waals surface area contributed by atoms with Crippen molar-refractivity contribution in [1.29, 1.82) is 5.26 Å². The number of aliphatic hydroxyl groups is 1. The summed E-state index contributed by atoms with van der Waals surface area (Å²) in [5.41, 5.74) is 9.78. The van der Waals surface area contributed by atoms with Gasteiger partial charge in [0.1, 0.15) is 0 Å². The Hall–Kier alpha value is -3.83. The number of nitrogen functional groups attached to an aromatic ring is 1. The first-order valence-electron chi connectivity index (χ1n) is 8.25. The van der Waals surface area contributed by atoms with Crippen LogP contribution in [-0.4, -0.2) is 29.7 Å². The first-order chi connectivity index (χ1) is 13.2. The second-order valence-corrected chi connectivity index (χ2v) is 5.90. The fourth-order valence-electron chi connectivity index (χ4n) is 2.90. The number of fused-ring (bicyclic) bond motifs is 1. The molecule has 27 heavy (non-hydrogen) atoms. The zero-order valence-corrected chi connectivity index (χ0v) is 14.2. The quantitative estimate of drug-likeness (QED) is 0.569. The van der Waals surface area contributed by atoms with Crippen molar-refractivity contribution in [3.63, 3.8) is 0 Å². The van der Waals surface area contributed by atoms with Crippen molar-refractivity contribution >= 4 is 11.6 Å². The van der Waals surface area contributed by atoms with Crippen LogP contribution in [0, 0.1) is 11.3 Å². The molecule has 0 bridgehead atoms. The lowest BCUT2D eigenvalue weighted by Crippen LogP contribution is -2.04. The maximum absolute atomic E-state index is 9.45. The minimum atomic E-state index is -0.102. The molecule has 0 aliphatic heterocycles. The van der Waals surface area contributed by atoms with Crippen LogP contribution in [-0.2, 0) is 13.0 Å². The molecule has 1 aromatic carbocycles. The number of benzene rings is 1. The molecule has 3 N–H and O–H groups in total. The molecule has 132 valence electrons. The Morgan fingerprint density at radius 1 is 1.15 bits per heavy atom. The van der Waals surface area contributed by atoms with Gasteiger partial charge >= 0.3 is 0 Å². The highest BCUT2D eigenvalue weighted by molar-refractivity contribution is 5.71. The van der Waals surface area contributed by atoms with E-state index in [1.54, 1.807) is 30.5 Å². The molecule has 0 saturated carbocycles. The Kier molecular flexibility index (Phi) is 4.20. The van der Waals surface area contributed by atoms with E-state index in [9.17, 15) is 10.4 Å². The Bertz CT molecular complexity index is 1180. The fraction of sp³-hybridized carbons (Fsp3) is 0.105. The van der Waals surface area contributed by atoms with E-state index < -0.39 is 0 Å². The van der Waals surface area contributed by atoms with E-state index >= 15 is 0 Å². The highest BCUT2D eigenvalue weighted by Gasteiger charge is 2.14. The maximum atomic E-state index is 9.45. The summed E-state index contributed by atoms with van der Waals surface area (Å²) in [6.07, 6.45) is 2.03. The molecule has 0 spiro atoms. The molecule has 8 heteroatoms. The van der Waals surface area contributed by atoms with Gasteiger partial charge in [-0.15, -0.1) is 5.10 Å². The van der Waals surface area contributed by atoms with Crippen molar-refractivity contribution < 1.29 is 5.11 Å². The Morgan fingerprint density at radius 2 is 2.00 bits per heavy atom. The third-order valence-corrected chi connectivity index (χ3v) is 4.20. The van der Waals surface area contributed by atoms with Gasteiger partial charge in [0.15, 0.2) is 11.5 Å². The Labute approximate surface area is 154 Å². The Morgan fingerprint density at radius 3 is 2.81 bits per heavy atom. The molecule has 4 aromatic rings. The number of aliphatic hydroxyl groups excluding tert-OH is 1. The predicted molar refractivity (Wildman–Crippen MR) is 98.3 cm³/mol. The van der Waals surface area contributed by atoms with Crippen molar-refractivity contribution in [3.8, 4) is 17.3 Å². The van der Waals surface area contributed by atoms with Crippen LogP contribution in [0.25, 0.3) is 16.9 Å². The normalized spacial score (nSPS) is 10.8. The number of nitriles is 1. The lowest BCUT2D eigenvalue weighted by molar-refractivity contribution is 0.280. The van der Waals surface area contributed by atoms with Gasteiger partial charge in [-0.1, -0.05) is 24.3 Å². The summed E-state index contributed by atoms with van der Waals surface area (Å²) in [6.45, 7) is -0.102. The van der Waals surface area contributed by atoms with E-state index in [1.165, 1.54) is 4.52 Å². The molecule has 0 aliphatic carbocycles. The van der Waals surface area contributed by atoms with Gasteiger partial charge in [-0.05, 0) is 17.7 Å². The van der Waals surface area contributed by atoms with Crippen molar-refractivity contribution in [3.05, 3.63) is 71.3 Å². The molecule has 0 aliphatic rings. The molecule has 3 aromatic heterocycles. The molecular formula is C19H15N7O. The van der Waals surface area contributed by atoms with Crippen LogP contribution in [0.15, 0.2) is 48.7 Å². The smallest absolute Gasteiger partial charge is 0.223 e. The average molecular weight is 357 g/mol. The van der Waals surface area contributed by atoms with Crippen LogP contribution in [0.2, 0.25) is 0 Å². The van der Waals surface area contributed by atoms with E-state index in [0.717, 1.165) is 5.56 Å². The second-order valence-electron chi connectivity index (χ2n) is 5.90. The molecule has 3 heterocycles. The number of anilines is 1. The van der Waals surface area contributed by atoms with E-state index in [4.69, 9.17) is 5.73 Å². The molecule has 4 rings (SSSR count). The number of aromatic nitrogens is 5. The molecule has 0 unspecified atom stereocenters. The zero-order chi connectivity index (χ0) is 18.8. The second kappa shape index (κ2) is 6.82. The number of pyridine rings is 1. The summed E-state index contributed by atoms with van der Waals surface area (Å²) < 4.78 is 1.45. The monoisotopic (exact) mass is 357 g/mol. The van der Waals surface area contributed by atoms with Crippen LogP contribution in [0.5, 0.6) is 0 Å². The van der Waals surface area contributed by atoms with Crippen molar-refractivity contribution in [2.45, 2.75) is 13.0 Å². The minimum absolute atomic E-state index is 0.102. The largest absolute Gasteiger partial charge is 0.392 e. The zero-order valence-electron chi connectivity index (χ0n) is 14.2. The van der Waals surface area contributed by atoms with Gasteiger partial charge < -0.3 is 10.8 Å². The highest BCUT2D eigenvalue weighted by atomic mass is 16.3. The minimum Gasteiger partial charge on any atom is -0.392 e. The van der Waals surface area contributed by atoms with Crippen LogP contribution in [0.3, 0.4) is 0 Å². The number of hydrogen-bond donors (Lipinski definition) is 2. The van der Waals surface area contributed by atoms with Crippen LogP contribution in [0.1, 0.15) is 22.6 Å². The van der Waals surface area contributed by atoms with E-state index in [2.05, 4.69) is 26.1 Å². The highest BCUT2D eigenvalue weighted by Crippen LogP contribution is 2.24. The molecule has 8 nitrogen and oxygen atoms in total. The van der Waals surface area contributed by atoms with E-state index in [1.807, 2.05) is 18.2 Å². The number of hydrogen-bond acceptors (Lipinski definition) is 7. The summed E-state index contributed by atoms with van der Waals surface area (Å²) in [5.74, 6) is 0.694. The third-order valence-electron chi connectivity index (χ3n) is 4.20. The van der Waals surface area contributed by atoms with Gasteiger partial charge in [0.05, 0.1) is 36.0 Å². The van der Waals surface area contributed by atoms with Crippen molar-refractivity contribution in [2.24, 2.45) is 0 Å². The average Bonchev–Trinajstić information content (AvgIpc) is 3.11. The van der Waals surface area contributed by atoms with Gasteiger partial charge in [-0.2, -0.15) is 9.78 Å². The summed E-state index contributed by atoms with van der Waals surface area (Å²) in [7, 11) is 0. The van der Waals surface area contributed by atoms with Gasteiger partial charge in [0.2, 0.25) is 5.95 Å². The van der Waals surface area contributed by atoms with Gasteiger partial charge in [0, 0.05) is 17.8 Å². The van der Waals surface area contributed by atoms with Gasteiger partial charge in [-0.3, -0.25) is 4.98 Å². The van der Waals surface area contributed by atoms with Crippen LogP contribution < -0.4 is 5.73 Å². The van der Waals surface area contributed by atoms with Gasteiger partial charge in [0.25, 0.3) is 0 Å². The standard InChI is InChI=1S/C19H15N7O/c20-10-12-4-1-2-6-14(12)16-9-18-24-17(25-26(18)19(21)23-16)8-15-13(11-27)5-3-7-22-15/h1-7,9,27H,8,11H2,(H2,21,23). The topological polar surface area (TPSA) is 126 Å². The number of nitrogens with zero attached hydrogens (tertiary/aromatic N) is 6. The van der Waals surface area contributed by atoms with Crippen LogP contribution >= 0.6 is 0 Å². The molecule has 0 saturated heterocycles. The molecule has 0 atom stereocenters. The van der Waals surface area contributed by atoms with E-state index in [-0.39, 0.29) is 12.6 Å². The predicted octanol–water partition coefficient (Wildman–Crippen LogP) is 1.72. The molecular weight excluding hydrogens is 342 g/mol.